The van der Waals surface area contributed by atoms with E-state index in [1.54, 1.807) is 24.3 Å². The molecule has 1 aromatic heterocycles. The minimum atomic E-state index is -0.236. The predicted molar refractivity (Wildman–Crippen MR) is 87.9 cm³/mol. The van der Waals surface area contributed by atoms with Crippen LogP contribution in [0.5, 0.6) is 0 Å². The molecular weight excluding hydrogens is 295 g/mol. The van der Waals surface area contributed by atoms with Crippen LogP contribution in [0.4, 0.5) is 10.2 Å². The average Bonchev–Trinajstić information content (AvgIpc) is 2.57. The highest BCUT2D eigenvalue weighted by Crippen LogP contribution is 2.06. The van der Waals surface area contributed by atoms with Gasteiger partial charge in [-0.1, -0.05) is 25.5 Å². The SMILES string of the molecule is CCCCNC(=O)c1ccc(NCCc2ccc(F)cc2)nn1. The topological polar surface area (TPSA) is 66.9 Å². The Bertz CT molecular complexity index is 613. The highest BCUT2D eigenvalue weighted by molar-refractivity contribution is 5.92. The number of benzene rings is 1. The molecule has 23 heavy (non-hydrogen) atoms. The van der Waals surface area contributed by atoms with E-state index >= 15 is 0 Å². The third kappa shape index (κ3) is 5.65. The van der Waals surface area contributed by atoms with Crippen molar-refractivity contribution in [1.29, 1.82) is 0 Å². The van der Waals surface area contributed by atoms with Crippen molar-refractivity contribution >= 4 is 11.7 Å². The molecule has 2 aromatic rings. The molecule has 0 radical (unpaired) electrons. The lowest BCUT2D eigenvalue weighted by molar-refractivity contribution is 0.0947. The summed E-state index contributed by atoms with van der Waals surface area (Å²) in [6, 6.07) is 9.78. The second-order valence-electron chi connectivity index (χ2n) is 5.22. The van der Waals surface area contributed by atoms with E-state index < -0.39 is 0 Å². The van der Waals surface area contributed by atoms with Gasteiger partial charge in [-0.05, 0) is 42.7 Å². The molecule has 0 saturated carbocycles. The van der Waals surface area contributed by atoms with Crippen LogP contribution in [0, 0.1) is 5.82 Å². The Labute approximate surface area is 135 Å². The zero-order valence-electron chi connectivity index (χ0n) is 13.2. The third-order valence-electron chi connectivity index (χ3n) is 3.35. The van der Waals surface area contributed by atoms with Gasteiger partial charge in [-0.15, -0.1) is 10.2 Å². The van der Waals surface area contributed by atoms with Crippen molar-refractivity contribution in [2.24, 2.45) is 0 Å². The van der Waals surface area contributed by atoms with Gasteiger partial charge in [-0.2, -0.15) is 0 Å². The maximum atomic E-state index is 12.8. The molecule has 0 spiro atoms. The Balaban J connectivity index is 1.78. The van der Waals surface area contributed by atoms with Crippen LogP contribution >= 0.6 is 0 Å². The molecule has 122 valence electrons. The summed E-state index contributed by atoms with van der Waals surface area (Å²) in [5, 5.41) is 13.8. The lowest BCUT2D eigenvalue weighted by Crippen LogP contribution is -2.25. The van der Waals surface area contributed by atoms with Crippen LogP contribution in [0.25, 0.3) is 0 Å². The zero-order chi connectivity index (χ0) is 16.5. The summed E-state index contributed by atoms with van der Waals surface area (Å²) in [7, 11) is 0. The van der Waals surface area contributed by atoms with Crippen molar-refractivity contribution in [3.8, 4) is 0 Å². The van der Waals surface area contributed by atoms with Crippen molar-refractivity contribution in [3.05, 3.63) is 53.5 Å². The van der Waals surface area contributed by atoms with E-state index in [0.29, 0.717) is 24.6 Å². The number of carbonyl (C=O) groups is 1. The van der Waals surface area contributed by atoms with E-state index in [9.17, 15) is 9.18 Å². The molecule has 0 unspecified atom stereocenters. The Kier molecular flexibility index (Phi) is 6.47. The molecule has 1 amide bonds. The minimum Gasteiger partial charge on any atom is -0.368 e. The summed E-state index contributed by atoms with van der Waals surface area (Å²) in [6.45, 7) is 3.37. The maximum absolute atomic E-state index is 12.8. The number of amides is 1. The molecule has 0 saturated heterocycles. The van der Waals surface area contributed by atoms with E-state index in [1.807, 2.05) is 0 Å². The first kappa shape index (κ1) is 16.9. The molecule has 5 nitrogen and oxygen atoms in total. The number of nitrogens with zero attached hydrogens (tertiary/aromatic N) is 2. The first-order valence-electron chi connectivity index (χ1n) is 7.79. The number of hydrogen-bond acceptors (Lipinski definition) is 4. The van der Waals surface area contributed by atoms with E-state index in [0.717, 1.165) is 24.8 Å². The van der Waals surface area contributed by atoms with Crippen molar-refractivity contribution in [2.45, 2.75) is 26.2 Å². The van der Waals surface area contributed by atoms with Gasteiger partial charge in [-0.3, -0.25) is 4.79 Å². The van der Waals surface area contributed by atoms with Gasteiger partial charge in [0.1, 0.15) is 11.6 Å². The lowest BCUT2D eigenvalue weighted by atomic mass is 10.1. The number of nitrogens with one attached hydrogen (secondary N) is 2. The first-order valence-corrected chi connectivity index (χ1v) is 7.79. The van der Waals surface area contributed by atoms with Crippen LogP contribution in [-0.2, 0) is 6.42 Å². The van der Waals surface area contributed by atoms with Gasteiger partial charge in [0, 0.05) is 13.1 Å². The number of aromatic nitrogens is 2. The fourth-order valence-corrected chi connectivity index (χ4v) is 2.00. The summed E-state index contributed by atoms with van der Waals surface area (Å²) in [6.07, 6.45) is 2.73. The molecule has 2 N–H and O–H groups in total. The van der Waals surface area contributed by atoms with Crippen molar-refractivity contribution in [3.63, 3.8) is 0 Å². The summed E-state index contributed by atoms with van der Waals surface area (Å²) in [5.41, 5.74) is 1.35. The predicted octanol–water partition coefficient (Wildman–Crippen LogP) is 2.80. The van der Waals surface area contributed by atoms with E-state index in [-0.39, 0.29) is 11.7 Å². The molecule has 0 aliphatic rings. The normalized spacial score (nSPS) is 10.3. The van der Waals surface area contributed by atoms with Gasteiger partial charge >= 0.3 is 0 Å². The second kappa shape index (κ2) is 8.82. The van der Waals surface area contributed by atoms with Crippen molar-refractivity contribution in [1.82, 2.24) is 15.5 Å². The second-order valence-corrected chi connectivity index (χ2v) is 5.22. The monoisotopic (exact) mass is 316 g/mol. The summed E-state index contributed by atoms with van der Waals surface area (Å²) in [4.78, 5) is 11.8. The average molecular weight is 316 g/mol. The molecular formula is C17H21FN4O. The third-order valence-corrected chi connectivity index (χ3v) is 3.35. The van der Waals surface area contributed by atoms with E-state index in [2.05, 4.69) is 27.8 Å². The number of unbranched alkanes of at least 4 members (excludes halogenated alkanes) is 1. The standard InChI is InChI=1S/C17H21FN4O/c1-2-3-11-20-17(23)15-8-9-16(22-21-15)19-12-10-13-4-6-14(18)7-5-13/h4-9H,2-3,10-12H2,1H3,(H,19,22)(H,20,23). The lowest BCUT2D eigenvalue weighted by Gasteiger charge is -2.06. The van der Waals surface area contributed by atoms with Crippen LogP contribution in [0.3, 0.4) is 0 Å². The number of hydrogen-bond donors (Lipinski definition) is 2. The molecule has 0 fully saturated rings. The van der Waals surface area contributed by atoms with E-state index in [4.69, 9.17) is 0 Å². The van der Waals surface area contributed by atoms with Gasteiger partial charge in [-0.25, -0.2) is 4.39 Å². The molecule has 0 atom stereocenters. The van der Waals surface area contributed by atoms with Gasteiger partial charge in [0.15, 0.2) is 5.69 Å². The Morgan fingerprint density at radius 3 is 2.52 bits per heavy atom. The first-order chi connectivity index (χ1) is 11.2. The molecule has 1 heterocycles. The van der Waals surface area contributed by atoms with Crippen LogP contribution in [-0.4, -0.2) is 29.2 Å². The fraction of sp³-hybridized carbons (Fsp3) is 0.353. The van der Waals surface area contributed by atoms with Crippen molar-refractivity contribution < 1.29 is 9.18 Å². The summed E-state index contributed by atoms with van der Waals surface area (Å²) in [5.74, 6) is 0.168. The highest BCUT2D eigenvalue weighted by atomic mass is 19.1. The minimum absolute atomic E-state index is 0.205. The molecule has 6 heteroatoms. The quantitative estimate of drug-likeness (QED) is 0.735. The van der Waals surface area contributed by atoms with Gasteiger partial charge < -0.3 is 10.6 Å². The Morgan fingerprint density at radius 2 is 1.87 bits per heavy atom. The van der Waals surface area contributed by atoms with Crippen LogP contribution in [0.2, 0.25) is 0 Å². The number of halogens is 1. The smallest absolute Gasteiger partial charge is 0.271 e. The van der Waals surface area contributed by atoms with Crippen LogP contribution in [0.15, 0.2) is 36.4 Å². The summed E-state index contributed by atoms with van der Waals surface area (Å²) >= 11 is 0. The molecule has 0 aliphatic heterocycles. The highest BCUT2D eigenvalue weighted by Gasteiger charge is 2.07. The number of rotatable bonds is 8. The maximum Gasteiger partial charge on any atom is 0.271 e. The fourth-order valence-electron chi connectivity index (χ4n) is 2.00. The van der Waals surface area contributed by atoms with Gasteiger partial charge in [0.05, 0.1) is 0 Å². The van der Waals surface area contributed by atoms with Crippen LogP contribution in [0.1, 0.15) is 35.8 Å². The molecule has 1 aromatic carbocycles. The molecule has 0 aliphatic carbocycles. The molecule has 0 bridgehead atoms. The Hall–Kier alpha value is -2.50. The largest absolute Gasteiger partial charge is 0.368 e. The van der Waals surface area contributed by atoms with Crippen LogP contribution < -0.4 is 10.6 Å². The number of anilines is 1. The Morgan fingerprint density at radius 1 is 1.09 bits per heavy atom. The van der Waals surface area contributed by atoms with Gasteiger partial charge in [0.2, 0.25) is 0 Å². The van der Waals surface area contributed by atoms with E-state index in [1.165, 1.54) is 12.1 Å². The molecule has 2 rings (SSSR count). The summed E-state index contributed by atoms with van der Waals surface area (Å²) < 4.78 is 12.8. The van der Waals surface area contributed by atoms with Gasteiger partial charge in [0.25, 0.3) is 5.91 Å². The van der Waals surface area contributed by atoms with Crippen molar-refractivity contribution in [2.75, 3.05) is 18.4 Å². The number of carbonyl (C=O) groups excluding carboxylic acids is 1. The zero-order valence-corrected chi connectivity index (χ0v) is 13.2.